The first kappa shape index (κ1) is 25.1. The van der Waals surface area contributed by atoms with Crippen molar-refractivity contribution in [3.63, 3.8) is 0 Å². The molecule has 43 heavy (non-hydrogen) atoms. The molecule has 8 nitrogen and oxygen atoms in total. The second kappa shape index (κ2) is 10.0. The highest BCUT2D eigenvalue weighted by molar-refractivity contribution is 5.91. The molecule has 3 heterocycles. The van der Waals surface area contributed by atoms with Crippen LogP contribution in [0.15, 0.2) is 103 Å². The second-order valence-electron chi connectivity index (χ2n) is 10.4. The fraction of sp³-hybridized carbons (Fsp3) is 0.114. The summed E-state index contributed by atoms with van der Waals surface area (Å²) < 4.78 is 25.5. The number of methoxy groups -OCH3 is 2. The van der Waals surface area contributed by atoms with E-state index in [0.29, 0.717) is 28.9 Å². The van der Waals surface area contributed by atoms with Crippen LogP contribution in [0.2, 0.25) is 0 Å². The molecule has 0 unspecified atom stereocenters. The lowest BCUT2D eigenvalue weighted by Gasteiger charge is -2.29. The minimum atomic E-state index is -0.265. The van der Waals surface area contributed by atoms with Crippen LogP contribution in [0.4, 0.5) is 0 Å². The zero-order valence-electron chi connectivity index (χ0n) is 23.5. The molecule has 1 atom stereocenters. The summed E-state index contributed by atoms with van der Waals surface area (Å²) in [5.74, 6) is 3.57. The van der Waals surface area contributed by atoms with Crippen molar-refractivity contribution in [1.29, 1.82) is 0 Å². The average molecular weight is 567 g/mol. The summed E-state index contributed by atoms with van der Waals surface area (Å²) in [4.78, 5) is 9.65. The van der Waals surface area contributed by atoms with E-state index in [2.05, 4.69) is 47.4 Å². The Morgan fingerprint density at radius 2 is 1.56 bits per heavy atom. The van der Waals surface area contributed by atoms with Crippen LogP contribution in [0, 0.1) is 0 Å². The second-order valence-corrected chi connectivity index (χ2v) is 10.4. The molecule has 2 aromatic heterocycles. The standard InChI is InChI=1S/C35H26N4O4/c1-40-27-15-13-24(18-29(27)41-2)31-32-26-10-6-5-8-22(26)12-16-28(32)43-35-33(31)34-37-30(38-39(34)20-36-35)19-42-25-14-11-21-7-3-4-9-23(21)17-25/h3-18,20,31H,19H2,1-2H3/t31-/m1/s1. The van der Waals surface area contributed by atoms with E-state index < -0.39 is 0 Å². The van der Waals surface area contributed by atoms with Crippen molar-refractivity contribution in [2.75, 3.05) is 14.2 Å². The zero-order valence-corrected chi connectivity index (χ0v) is 23.5. The largest absolute Gasteiger partial charge is 0.493 e. The maximum atomic E-state index is 6.45. The van der Waals surface area contributed by atoms with Gasteiger partial charge in [-0.15, -0.1) is 5.10 Å². The van der Waals surface area contributed by atoms with Crippen molar-refractivity contribution in [2.24, 2.45) is 0 Å². The van der Waals surface area contributed by atoms with Crippen molar-refractivity contribution >= 4 is 27.2 Å². The molecule has 1 aliphatic heterocycles. The van der Waals surface area contributed by atoms with Gasteiger partial charge in [0.15, 0.2) is 23.0 Å². The van der Waals surface area contributed by atoms with E-state index >= 15 is 0 Å². The topological polar surface area (TPSA) is 80.0 Å². The van der Waals surface area contributed by atoms with E-state index in [1.54, 1.807) is 25.1 Å². The molecule has 0 fully saturated rings. The van der Waals surface area contributed by atoms with E-state index in [9.17, 15) is 0 Å². The maximum Gasteiger partial charge on any atom is 0.228 e. The molecular formula is C35H26N4O4. The van der Waals surface area contributed by atoms with Gasteiger partial charge in [0.1, 0.15) is 24.4 Å². The van der Waals surface area contributed by atoms with Crippen LogP contribution in [-0.4, -0.2) is 33.8 Å². The number of benzene rings is 5. The molecule has 5 aromatic carbocycles. The summed E-state index contributed by atoms with van der Waals surface area (Å²) in [6, 6.07) is 32.6. The highest BCUT2D eigenvalue weighted by atomic mass is 16.5. The summed E-state index contributed by atoms with van der Waals surface area (Å²) in [6.45, 7) is 0.205. The SMILES string of the molecule is COc1ccc([C@@H]2c3c(ccc4ccccc34)Oc3ncn4nc(COc5ccc6ccccc6c5)nc4c32)cc1OC. The highest BCUT2D eigenvalue weighted by Gasteiger charge is 2.35. The fourth-order valence-corrected chi connectivity index (χ4v) is 5.98. The third-order valence-corrected chi connectivity index (χ3v) is 7.98. The average Bonchev–Trinajstić information content (AvgIpc) is 3.49. The van der Waals surface area contributed by atoms with E-state index in [0.717, 1.165) is 49.7 Å². The third-order valence-electron chi connectivity index (χ3n) is 7.98. The molecule has 0 bridgehead atoms. The lowest BCUT2D eigenvalue weighted by molar-refractivity contribution is 0.296. The Kier molecular flexibility index (Phi) is 5.85. The fourth-order valence-electron chi connectivity index (χ4n) is 5.98. The summed E-state index contributed by atoms with van der Waals surface area (Å²) in [5, 5.41) is 9.20. The Labute approximate surface area is 247 Å². The molecular weight excluding hydrogens is 540 g/mol. The monoisotopic (exact) mass is 566 g/mol. The first-order valence-electron chi connectivity index (χ1n) is 14.0. The quantitative estimate of drug-likeness (QED) is 0.209. The molecule has 0 saturated carbocycles. The van der Waals surface area contributed by atoms with Crippen molar-refractivity contribution in [3.8, 4) is 28.9 Å². The van der Waals surface area contributed by atoms with Crippen LogP contribution in [0.3, 0.4) is 0 Å². The van der Waals surface area contributed by atoms with Crippen LogP contribution in [0.25, 0.3) is 27.2 Å². The van der Waals surface area contributed by atoms with E-state index in [1.165, 1.54) is 0 Å². The zero-order chi connectivity index (χ0) is 28.9. The molecule has 0 spiro atoms. The minimum Gasteiger partial charge on any atom is -0.493 e. The van der Waals surface area contributed by atoms with Crippen molar-refractivity contribution in [2.45, 2.75) is 12.5 Å². The van der Waals surface area contributed by atoms with Gasteiger partial charge in [-0.25, -0.2) is 14.5 Å². The Bertz CT molecular complexity index is 2170. The summed E-state index contributed by atoms with van der Waals surface area (Å²) >= 11 is 0. The lowest BCUT2D eigenvalue weighted by atomic mass is 9.81. The minimum absolute atomic E-state index is 0.205. The van der Waals surface area contributed by atoms with Crippen LogP contribution in [0.5, 0.6) is 28.9 Å². The number of nitrogens with zero attached hydrogens (tertiary/aromatic N) is 4. The van der Waals surface area contributed by atoms with E-state index in [-0.39, 0.29) is 12.5 Å². The first-order valence-corrected chi connectivity index (χ1v) is 14.0. The molecule has 0 saturated heterocycles. The van der Waals surface area contributed by atoms with E-state index in [4.69, 9.17) is 29.0 Å². The van der Waals surface area contributed by atoms with Gasteiger partial charge >= 0.3 is 0 Å². The third kappa shape index (κ3) is 4.18. The molecule has 0 amide bonds. The summed E-state index contributed by atoms with van der Waals surface area (Å²) in [6.07, 6.45) is 1.64. The van der Waals surface area contributed by atoms with Crippen LogP contribution in [0.1, 0.15) is 28.4 Å². The van der Waals surface area contributed by atoms with Gasteiger partial charge < -0.3 is 18.9 Å². The molecule has 0 aliphatic carbocycles. The smallest absolute Gasteiger partial charge is 0.228 e. The number of hydrogen-bond acceptors (Lipinski definition) is 7. The Morgan fingerprint density at radius 1 is 0.767 bits per heavy atom. The van der Waals surface area contributed by atoms with Gasteiger partial charge in [0, 0.05) is 11.5 Å². The summed E-state index contributed by atoms with van der Waals surface area (Å²) in [5.41, 5.74) is 3.50. The van der Waals surface area contributed by atoms with Gasteiger partial charge in [-0.1, -0.05) is 66.7 Å². The van der Waals surface area contributed by atoms with Gasteiger partial charge in [0.25, 0.3) is 0 Å². The van der Waals surface area contributed by atoms with Gasteiger partial charge in [-0.2, -0.15) is 0 Å². The molecule has 8 rings (SSSR count). The number of ether oxygens (including phenoxy) is 4. The molecule has 1 aliphatic rings. The van der Waals surface area contributed by atoms with Crippen molar-refractivity contribution < 1.29 is 18.9 Å². The van der Waals surface area contributed by atoms with Gasteiger partial charge in [-0.3, -0.25) is 0 Å². The van der Waals surface area contributed by atoms with Crippen molar-refractivity contribution in [1.82, 2.24) is 19.6 Å². The van der Waals surface area contributed by atoms with Crippen molar-refractivity contribution in [3.05, 3.63) is 126 Å². The number of fused-ring (bicyclic) bond motifs is 7. The van der Waals surface area contributed by atoms with Gasteiger partial charge in [0.2, 0.25) is 5.88 Å². The van der Waals surface area contributed by atoms with Crippen LogP contribution >= 0.6 is 0 Å². The molecule has 0 N–H and O–H groups in total. The van der Waals surface area contributed by atoms with E-state index in [1.807, 2.05) is 54.6 Å². The number of hydrogen-bond donors (Lipinski definition) is 0. The van der Waals surface area contributed by atoms with Crippen LogP contribution in [-0.2, 0) is 6.61 Å². The molecule has 0 radical (unpaired) electrons. The predicted octanol–water partition coefficient (Wildman–Crippen LogP) is 7.31. The predicted molar refractivity (Wildman–Crippen MR) is 164 cm³/mol. The molecule has 7 aromatic rings. The Hall–Kier alpha value is -5.63. The molecule has 210 valence electrons. The maximum absolute atomic E-state index is 6.45. The molecule has 8 heteroatoms. The van der Waals surface area contributed by atoms with Gasteiger partial charge in [0.05, 0.1) is 19.8 Å². The Balaban J connectivity index is 1.26. The summed E-state index contributed by atoms with van der Waals surface area (Å²) in [7, 11) is 3.28. The first-order chi connectivity index (χ1) is 21.2. The van der Waals surface area contributed by atoms with Crippen LogP contribution < -0.4 is 18.9 Å². The normalized spacial score (nSPS) is 13.9. The lowest BCUT2D eigenvalue weighted by Crippen LogP contribution is -2.15. The Morgan fingerprint density at radius 3 is 2.42 bits per heavy atom. The highest BCUT2D eigenvalue weighted by Crippen LogP contribution is 2.51. The van der Waals surface area contributed by atoms with Gasteiger partial charge in [-0.05, 0) is 57.4 Å². The number of rotatable bonds is 6. The number of aromatic nitrogens is 4.